The first-order valence-corrected chi connectivity index (χ1v) is 5.46. The summed E-state index contributed by atoms with van der Waals surface area (Å²) in [5.41, 5.74) is 6.56. The van der Waals surface area contributed by atoms with Gasteiger partial charge in [0.15, 0.2) is 0 Å². The van der Waals surface area contributed by atoms with Crippen molar-refractivity contribution in [2.75, 3.05) is 19.1 Å². The maximum absolute atomic E-state index is 8.86. The molecule has 0 bridgehead atoms. The molecule has 15 heavy (non-hydrogen) atoms. The van der Waals surface area contributed by atoms with Gasteiger partial charge in [0, 0.05) is 5.88 Å². The Bertz CT molecular complexity index is 276. The van der Waals surface area contributed by atoms with Crippen molar-refractivity contribution < 1.29 is 9.84 Å². The molecule has 0 saturated heterocycles. The number of rotatable bonds is 6. The van der Waals surface area contributed by atoms with E-state index in [2.05, 4.69) is 0 Å². The second-order valence-electron chi connectivity index (χ2n) is 3.25. The highest BCUT2D eigenvalue weighted by atomic mass is 35.5. The third-order valence-corrected chi connectivity index (χ3v) is 2.32. The summed E-state index contributed by atoms with van der Waals surface area (Å²) in [6, 6.07) is 7.09. The summed E-state index contributed by atoms with van der Waals surface area (Å²) in [6.07, 6.45) is 0.833. The lowest BCUT2D eigenvalue weighted by molar-refractivity contribution is 0.267. The van der Waals surface area contributed by atoms with E-state index in [1.54, 1.807) is 0 Å². The number of aliphatic hydroxyl groups excluding tert-OH is 1. The molecular weight excluding hydrogens is 214 g/mol. The molecule has 3 nitrogen and oxygen atoms in total. The van der Waals surface area contributed by atoms with Crippen molar-refractivity contribution in [2.45, 2.75) is 12.5 Å². The number of halogens is 1. The zero-order chi connectivity index (χ0) is 11.1. The van der Waals surface area contributed by atoms with Gasteiger partial charge in [-0.1, -0.05) is 12.1 Å². The van der Waals surface area contributed by atoms with Crippen molar-refractivity contribution in [1.82, 2.24) is 0 Å². The molecule has 0 heterocycles. The van der Waals surface area contributed by atoms with Crippen LogP contribution in [0.15, 0.2) is 24.3 Å². The minimum atomic E-state index is -0.318. The molecule has 0 aliphatic heterocycles. The minimum absolute atomic E-state index is 0.0492. The number of benzene rings is 1. The SMILES string of the molecule is N[C@H](CO)c1ccc(OCCCCl)cc1. The van der Waals surface area contributed by atoms with E-state index < -0.39 is 0 Å². The molecule has 3 N–H and O–H groups in total. The topological polar surface area (TPSA) is 55.5 Å². The van der Waals surface area contributed by atoms with Gasteiger partial charge in [0.2, 0.25) is 0 Å². The Morgan fingerprint density at radius 1 is 1.33 bits per heavy atom. The zero-order valence-corrected chi connectivity index (χ0v) is 9.28. The molecule has 0 radical (unpaired) electrons. The fourth-order valence-corrected chi connectivity index (χ4v) is 1.27. The van der Waals surface area contributed by atoms with Crippen LogP contribution in [-0.2, 0) is 0 Å². The van der Waals surface area contributed by atoms with Gasteiger partial charge in [-0.15, -0.1) is 11.6 Å². The summed E-state index contributed by atoms with van der Waals surface area (Å²) in [5, 5.41) is 8.86. The molecule has 0 aliphatic carbocycles. The van der Waals surface area contributed by atoms with Crippen molar-refractivity contribution in [3.63, 3.8) is 0 Å². The molecule has 1 atom stereocenters. The van der Waals surface area contributed by atoms with Crippen molar-refractivity contribution in [3.8, 4) is 5.75 Å². The summed E-state index contributed by atoms with van der Waals surface area (Å²) < 4.78 is 5.43. The monoisotopic (exact) mass is 229 g/mol. The van der Waals surface area contributed by atoms with Crippen LogP contribution in [0.4, 0.5) is 0 Å². The Labute approximate surface area is 94.8 Å². The molecule has 0 unspecified atom stereocenters. The molecule has 0 aliphatic rings. The summed E-state index contributed by atoms with van der Waals surface area (Å²) in [7, 11) is 0. The molecule has 1 rings (SSSR count). The fraction of sp³-hybridized carbons (Fsp3) is 0.455. The molecule has 4 heteroatoms. The van der Waals surface area contributed by atoms with Crippen molar-refractivity contribution >= 4 is 11.6 Å². The predicted molar refractivity (Wildman–Crippen MR) is 61.3 cm³/mol. The van der Waals surface area contributed by atoms with E-state index >= 15 is 0 Å². The quantitative estimate of drug-likeness (QED) is 0.577. The van der Waals surface area contributed by atoms with Gasteiger partial charge in [-0.3, -0.25) is 0 Å². The first-order valence-electron chi connectivity index (χ1n) is 4.93. The predicted octanol–water partition coefficient (Wildman–Crippen LogP) is 1.69. The smallest absolute Gasteiger partial charge is 0.119 e. The Morgan fingerprint density at radius 3 is 2.53 bits per heavy atom. The maximum Gasteiger partial charge on any atom is 0.119 e. The fourth-order valence-electron chi connectivity index (χ4n) is 1.16. The van der Waals surface area contributed by atoms with Crippen LogP contribution >= 0.6 is 11.6 Å². The lowest BCUT2D eigenvalue weighted by atomic mass is 10.1. The van der Waals surface area contributed by atoms with Crippen LogP contribution < -0.4 is 10.5 Å². The van der Waals surface area contributed by atoms with E-state index in [0.717, 1.165) is 17.7 Å². The summed E-state index contributed by atoms with van der Waals surface area (Å²) >= 11 is 5.53. The molecule has 1 aromatic carbocycles. The minimum Gasteiger partial charge on any atom is -0.494 e. The lowest BCUT2D eigenvalue weighted by Crippen LogP contribution is -2.14. The van der Waals surface area contributed by atoms with Gasteiger partial charge >= 0.3 is 0 Å². The third kappa shape index (κ3) is 4.08. The van der Waals surface area contributed by atoms with Crippen LogP contribution in [0.1, 0.15) is 18.0 Å². The summed E-state index contributed by atoms with van der Waals surface area (Å²) in [6.45, 7) is 0.571. The molecular formula is C11H16ClNO2. The third-order valence-electron chi connectivity index (χ3n) is 2.05. The standard InChI is InChI=1S/C11H16ClNO2/c12-6-1-7-15-10-4-2-9(3-5-10)11(13)8-14/h2-5,11,14H,1,6-8,13H2/t11-/m1/s1. The molecule has 0 fully saturated rings. The Balaban J connectivity index is 2.49. The molecule has 1 aromatic rings. The van der Waals surface area contributed by atoms with Gasteiger partial charge < -0.3 is 15.6 Å². The second-order valence-corrected chi connectivity index (χ2v) is 3.63. The van der Waals surface area contributed by atoms with Gasteiger partial charge in [-0.25, -0.2) is 0 Å². The summed E-state index contributed by atoms with van der Waals surface area (Å²) in [4.78, 5) is 0. The zero-order valence-electron chi connectivity index (χ0n) is 8.53. The molecule has 84 valence electrons. The van der Waals surface area contributed by atoms with Crippen LogP contribution in [0.2, 0.25) is 0 Å². The second kappa shape index (κ2) is 6.67. The van der Waals surface area contributed by atoms with Crippen LogP contribution in [0.3, 0.4) is 0 Å². The largest absolute Gasteiger partial charge is 0.494 e. The molecule has 0 spiro atoms. The Kier molecular flexibility index (Phi) is 5.47. The highest BCUT2D eigenvalue weighted by Gasteiger charge is 2.03. The Hall–Kier alpha value is -0.770. The molecule has 0 amide bonds. The number of ether oxygens (including phenoxy) is 1. The van der Waals surface area contributed by atoms with E-state index in [4.69, 9.17) is 27.2 Å². The number of nitrogens with two attached hydrogens (primary N) is 1. The van der Waals surface area contributed by atoms with Crippen LogP contribution in [0.25, 0.3) is 0 Å². The van der Waals surface area contributed by atoms with Crippen LogP contribution in [0.5, 0.6) is 5.75 Å². The highest BCUT2D eigenvalue weighted by Crippen LogP contribution is 2.16. The van der Waals surface area contributed by atoms with Crippen molar-refractivity contribution in [2.24, 2.45) is 5.73 Å². The maximum atomic E-state index is 8.86. The first-order chi connectivity index (χ1) is 7.27. The Morgan fingerprint density at radius 2 is 2.00 bits per heavy atom. The number of alkyl halides is 1. The molecule has 0 aromatic heterocycles. The van der Waals surface area contributed by atoms with Gasteiger partial charge in [0.25, 0.3) is 0 Å². The van der Waals surface area contributed by atoms with E-state index in [-0.39, 0.29) is 12.6 Å². The number of hydrogen-bond acceptors (Lipinski definition) is 3. The van der Waals surface area contributed by atoms with E-state index in [1.807, 2.05) is 24.3 Å². The number of hydrogen-bond donors (Lipinski definition) is 2. The molecule has 0 saturated carbocycles. The van der Waals surface area contributed by atoms with Gasteiger partial charge in [-0.2, -0.15) is 0 Å². The average Bonchev–Trinajstić information content (AvgIpc) is 2.29. The first kappa shape index (κ1) is 12.3. The van der Waals surface area contributed by atoms with Crippen LogP contribution in [0, 0.1) is 0 Å². The van der Waals surface area contributed by atoms with E-state index in [0.29, 0.717) is 12.5 Å². The average molecular weight is 230 g/mol. The van der Waals surface area contributed by atoms with Gasteiger partial charge in [-0.05, 0) is 24.1 Å². The van der Waals surface area contributed by atoms with Crippen molar-refractivity contribution in [1.29, 1.82) is 0 Å². The highest BCUT2D eigenvalue weighted by molar-refractivity contribution is 6.17. The van der Waals surface area contributed by atoms with E-state index in [1.165, 1.54) is 0 Å². The van der Waals surface area contributed by atoms with Gasteiger partial charge in [0.1, 0.15) is 5.75 Å². The lowest BCUT2D eigenvalue weighted by Gasteiger charge is -2.09. The summed E-state index contributed by atoms with van der Waals surface area (Å²) in [5.74, 6) is 1.40. The van der Waals surface area contributed by atoms with E-state index in [9.17, 15) is 0 Å². The van der Waals surface area contributed by atoms with Crippen LogP contribution in [-0.4, -0.2) is 24.2 Å². The normalized spacial score (nSPS) is 12.5. The van der Waals surface area contributed by atoms with Crippen molar-refractivity contribution in [3.05, 3.63) is 29.8 Å². The number of aliphatic hydroxyl groups is 1. The van der Waals surface area contributed by atoms with Gasteiger partial charge in [0.05, 0.1) is 19.3 Å².